The molecular formula is C33H31F7N3O5P. The number of nitrogens with two attached hydrogens (primary N) is 1. The zero-order valence-electron chi connectivity index (χ0n) is 25.9. The van der Waals surface area contributed by atoms with Gasteiger partial charge < -0.3 is 25.0 Å². The highest BCUT2D eigenvalue weighted by molar-refractivity contribution is 7.27. The molecule has 262 valence electrons. The maximum atomic E-state index is 13.9. The SMILES string of the molecule is Cn1c(=O)c(Cc2cccc(CCC(=O)O)c2)c(C(F)(F)F)c2ccccc21.NC(=O)c1c(F)cc(N2CCOCC2C(F)(F)F)cc1P. The Hall–Kier alpha value is -4.49. The molecule has 1 aliphatic rings. The zero-order valence-corrected chi connectivity index (χ0v) is 27.0. The number of morpholine rings is 1. The van der Waals surface area contributed by atoms with Crippen molar-refractivity contribution in [2.24, 2.45) is 12.8 Å². The smallest absolute Gasteiger partial charge is 0.417 e. The standard InChI is InChI=1S/C21H18F3NO3.C12H13F4N2O2P/c1-25-17-8-3-2-7-15(17)19(21(22,23)24)16(20(25)28)12-14-6-4-5-13(11-14)9-10-18(26)27;13-7-3-6(4-8(21)10(7)11(17)19)18-1-2-20-5-9(18)12(14,15)16/h2-8,11H,9-10,12H2,1H3,(H,26,27);3-4,9H,1-2,5,21H2,(H2,17,19). The molecule has 1 fully saturated rings. The van der Waals surface area contributed by atoms with Crippen molar-refractivity contribution in [3.05, 3.63) is 105 Å². The second-order valence-electron chi connectivity index (χ2n) is 11.2. The van der Waals surface area contributed by atoms with Crippen LogP contribution in [0.1, 0.15) is 39.0 Å². The number of aromatic nitrogens is 1. The second-order valence-corrected chi connectivity index (χ2v) is 11.8. The highest BCUT2D eigenvalue weighted by Crippen LogP contribution is 2.37. The Morgan fingerprint density at radius 1 is 1.02 bits per heavy atom. The molecule has 1 aromatic heterocycles. The highest BCUT2D eigenvalue weighted by atomic mass is 31.0. The summed E-state index contributed by atoms with van der Waals surface area (Å²) in [7, 11) is 3.56. The van der Waals surface area contributed by atoms with Gasteiger partial charge in [-0.15, -0.1) is 9.24 Å². The van der Waals surface area contributed by atoms with Gasteiger partial charge in [-0.3, -0.25) is 14.4 Å². The fourth-order valence-corrected chi connectivity index (χ4v) is 6.07. The molecule has 3 N–H and O–H groups in total. The van der Waals surface area contributed by atoms with E-state index in [1.807, 2.05) is 0 Å². The van der Waals surface area contributed by atoms with E-state index in [1.54, 1.807) is 30.3 Å². The van der Waals surface area contributed by atoms with Gasteiger partial charge in [-0.25, -0.2) is 4.39 Å². The topological polar surface area (TPSA) is 115 Å². The number of hydrogen-bond donors (Lipinski definition) is 2. The summed E-state index contributed by atoms with van der Waals surface area (Å²) in [6.07, 6.45) is -9.17. The minimum absolute atomic E-state index is 0.0193. The number of hydrogen-bond acceptors (Lipinski definition) is 5. The van der Waals surface area contributed by atoms with Crippen LogP contribution in [-0.4, -0.2) is 53.5 Å². The van der Waals surface area contributed by atoms with Gasteiger partial charge in [0.1, 0.15) is 11.9 Å². The number of halogens is 7. The van der Waals surface area contributed by atoms with Crippen molar-refractivity contribution in [1.29, 1.82) is 0 Å². The maximum Gasteiger partial charge on any atom is 0.417 e. The van der Waals surface area contributed by atoms with Gasteiger partial charge in [-0.2, -0.15) is 26.3 Å². The Morgan fingerprint density at radius 2 is 1.69 bits per heavy atom. The number of nitrogens with zero attached hydrogens (tertiary/aromatic N) is 2. The van der Waals surface area contributed by atoms with E-state index in [9.17, 15) is 45.1 Å². The van der Waals surface area contributed by atoms with Crippen molar-refractivity contribution >= 4 is 43.0 Å². The molecule has 0 radical (unpaired) electrons. The molecule has 0 saturated carbocycles. The zero-order chi connectivity index (χ0) is 36.3. The lowest BCUT2D eigenvalue weighted by molar-refractivity contribution is -0.167. The molecular weight excluding hydrogens is 682 g/mol. The Labute approximate surface area is 277 Å². The summed E-state index contributed by atoms with van der Waals surface area (Å²) >= 11 is 0. The minimum atomic E-state index is -4.68. The fourth-order valence-electron chi connectivity index (χ4n) is 5.62. The Kier molecular flexibility index (Phi) is 11.4. The number of primary amides is 1. The molecule has 1 amide bonds. The van der Waals surface area contributed by atoms with E-state index in [0.29, 0.717) is 11.1 Å². The number of amides is 1. The molecule has 1 saturated heterocycles. The van der Waals surface area contributed by atoms with Gasteiger partial charge in [-0.1, -0.05) is 42.5 Å². The number of para-hydroxylation sites is 1. The van der Waals surface area contributed by atoms with Crippen LogP contribution in [0.3, 0.4) is 0 Å². The normalized spacial score (nSPS) is 15.1. The molecule has 3 aromatic carbocycles. The summed E-state index contributed by atoms with van der Waals surface area (Å²) in [5.41, 5.74) is 4.25. The lowest BCUT2D eigenvalue weighted by Gasteiger charge is -2.38. The van der Waals surface area contributed by atoms with Crippen LogP contribution in [0.4, 0.5) is 36.4 Å². The fraction of sp³-hybridized carbons (Fsp3) is 0.303. The average Bonchev–Trinajstić information content (AvgIpc) is 3.01. The number of carbonyl (C=O) groups is 2. The predicted molar refractivity (Wildman–Crippen MR) is 172 cm³/mol. The van der Waals surface area contributed by atoms with Gasteiger partial charge in [0.2, 0.25) is 0 Å². The third-order valence-electron chi connectivity index (χ3n) is 7.87. The molecule has 0 bridgehead atoms. The molecule has 0 spiro atoms. The minimum Gasteiger partial charge on any atom is -0.481 e. The van der Waals surface area contributed by atoms with Gasteiger partial charge >= 0.3 is 18.3 Å². The van der Waals surface area contributed by atoms with E-state index >= 15 is 0 Å². The van der Waals surface area contributed by atoms with Gasteiger partial charge in [0.15, 0.2) is 0 Å². The summed E-state index contributed by atoms with van der Waals surface area (Å²) in [5.74, 6) is -2.87. The van der Waals surface area contributed by atoms with Crippen molar-refractivity contribution in [2.75, 3.05) is 24.7 Å². The summed E-state index contributed by atoms with van der Waals surface area (Å²) in [6, 6.07) is 12.9. The third kappa shape index (κ3) is 8.76. The van der Waals surface area contributed by atoms with Crippen LogP contribution < -0.4 is 21.5 Å². The van der Waals surface area contributed by atoms with Crippen molar-refractivity contribution < 1.29 is 50.2 Å². The van der Waals surface area contributed by atoms with Crippen molar-refractivity contribution in [1.82, 2.24) is 4.57 Å². The van der Waals surface area contributed by atoms with Crippen LogP contribution in [0.25, 0.3) is 10.9 Å². The van der Waals surface area contributed by atoms with Crippen LogP contribution >= 0.6 is 9.24 Å². The summed E-state index contributed by atoms with van der Waals surface area (Å²) < 4.78 is 101. The lowest BCUT2D eigenvalue weighted by Crippen LogP contribution is -2.53. The number of carboxylic acid groups (broad SMARTS) is 1. The molecule has 0 aliphatic carbocycles. The van der Waals surface area contributed by atoms with E-state index in [2.05, 4.69) is 9.24 Å². The van der Waals surface area contributed by atoms with Crippen molar-refractivity contribution in [3.8, 4) is 0 Å². The van der Waals surface area contributed by atoms with Gasteiger partial charge in [0.05, 0.1) is 29.9 Å². The first-order valence-electron chi connectivity index (χ1n) is 14.7. The number of aliphatic carboxylic acids is 1. The summed E-state index contributed by atoms with van der Waals surface area (Å²) in [4.78, 5) is 35.6. The van der Waals surface area contributed by atoms with Crippen molar-refractivity contribution in [3.63, 3.8) is 0 Å². The van der Waals surface area contributed by atoms with Crippen LogP contribution in [0.2, 0.25) is 0 Å². The number of benzene rings is 3. The Balaban J connectivity index is 0.000000230. The summed E-state index contributed by atoms with van der Waals surface area (Å²) in [6.45, 7) is -0.434. The molecule has 5 rings (SSSR count). The van der Waals surface area contributed by atoms with E-state index in [1.165, 1.54) is 35.9 Å². The molecule has 8 nitrogen and oxygen atoms in total. The van der Waals surface area contributed by atoms with Crippen LogP contribution in [0.5, 0.6) is 0 Å². The third-order valence-corrected chi connectivity index (χ3v) is 8.33. The van der Waals surface area contributed by atoms with Crippen LogP contribution in [-0.2, 0) is 35.6 Å². The Morgan fingerprint density at radius 3 is 2.31 bits per heavy atom. The monoisotopic (exact) mass is 713 g/mol. The molecule has 2 atom stereocenters. The maximum absolute atomic E-state index is 13.9. The largest absolute Gasteiger partial charge is 0.481 e. The number of pyridine rings is 1. The van der Waals surface area contributed by atoms with Crippen LogP contribution in [0, 0.1) is 5.82 Å². The Bertz CT molecular complexity index is 1900. The summed E-state index contributed by atoms with van der Waals surface area (Å²) in [5, 5.41) is 8.90. The first kappa shape index (κ1) is 37.3. The van der Waals surface area contributed by atoms with E-state index < -0.39 is 53.8 Å². The number of fused-ring (bicyclic) bond motifs is 1. The predicted octanol–water partition coefficient (Wildman–Crippen LogP) is 5.36. The molecule has 2 heterocycles. The lowest BCUT2D eigenvalue weighted by atomic mass is 9.95. The number of aryl methyl sites for hydroxylation is 2. The van der Waals surface area contributed by atoms with E-state index in [-0.39, 0.29) is 65.4 Å². The number of carbonyl (C=O) groups excluding carboxylic acids is 1. The molecule has 2 unspecified atom stereocenters. The van der Waals surface area contributed by atoms with E-state index in [0.717, 1.165) is 11.0 Å². The number of anilines is 1. The number of carboxylic acids is 1. The van der Waals surface area contributed by atoms with Gasteiger partial charge in [0, 0.05) is 43.1 Å². The molecule has 4 aromatic rings. The molecule has 1 aliphatic heterocycles. The molecule has 49 heavy (non-hydrogen) atoms. The molecule has 16 heteroatoms. The number of rotatable bonds is 7. The second kappa shape index (κ2) is 15.0. The highest BCUT2D eigenvalue weighted by Gasteiger charge is 2.45. The number of ether oxygens (including phenoxy) is 1. The van der Waals surface area contributed by atoms with Crippen LogP contribution in [0.15, 0.2) is 65.5 Å². The average molecular weight is 714 g/mol. The number of alkyl halides is 6. The first-order chi connectivity index (χ1) is 22.9. The van der Waals surface area contributed by atoms with Gasteiger partial charge in [0.25, 0.3) is 11.5 Å². The first-order valence-corrected chi connectivity index (χ1v) is 15.2. The quantitative estimate of drug-likeness (QED) is 0.197. The van der Waals surface area contributed by atoms with Crippen molar-refractivity contribution in [2.45, 2.75) is 37.7 Å². The van der Waals surface area contributed by atoms with E-state index in [4.69, 9.17) is 15.6 Å². The van der Waals surface area contributed by atoms with Gasteiger partial charge in [-0.05, 0) is 41.1 Å².